The molecule has 21 heavy (non-hydrogen) atoms. The maximum Gasteiger partial charge on any atom is 0.123 e. The molecule has 1 heterocycles. The second-order valence-electron chi connectivity index (χ2n) is 6.11. The average Bonchev–Trinajstić information content (AvgIpc) is 2.97. The Hall–Kier alpha value is -1.28. The molecule has 2 aromatic carbocycles. The van der Waals surface area contributed by atoms with Gasteiger partial charge in [0.15, 0.2) is 0 Å². The molecule has 2 unspecified atom stereocenters. The summed E-state index contributed by atoms with van der Waals surface area (Å²) in [5.41, 5.74) is 5.76. The Balaban J connectivity index is 1.57. The van der Waals surface area contributed by atoms with Crippen LogP contribution in [0.3, 0.4) is 0 Å². The Morgan fingerprint density at radius 1 is 0.952 bits per heavy atom. The zero-order chi connectivity index (χ0) is 14.2. The van der Waals surface area contributed by atoms with Crippen molar-refractivity contribution < 1.29 is 4.74 Å². The quantitative estimate of drug-likeness (QED) is 0.697. The van der Waals surface area contributed by atoms with E-state index in [9.17, 15) is 0 Å². The highest BCUT2D eigenvalue weighted by Crippen LogP contribution is 2.39. The topological polar surface area (TPSA) is 9.23 Å². The van der Waals surface area contributed by atoms with Crippen LogP contribution in [-0.2, 0) is 19.3 Å². The molecule has 1 aliphatic heterocycles. The predicted octanol–water partition coefficient (Wildman–Crippen LogP) is 5.01. The number of alkyl halides is 1. The van der Waals surface area contributed by atoms with E-state index in [1.54, 1.807) is 11.1 Å². The summed E-state index contributed by atoms with van der Waals surface area (Å²) < 4.78 is 6.12. The molecule has 0 spiro atoms. The third kappa shape index (κ3) is 2.50. The van der Waals surface area contributed by atoms with Crippen molar-refractivity contribution in [1.82, 2.24) is 0 Å². The van der Waals surface area contributed by atoms with Gasteiger partial charge in [-0.15, -0.1) is 0 Å². The molecule has 108 valence electrons. The number of aryl methyl sites for hydroxylation is 2. The Bertz CT molecular complexity index is 639. The first-order valence-corrected chi connectivity index (χ1v) is 8.73. The number of para-hydroxylation sites is 1. The lowest BCUT2D eigenvalue weighted by atomic mass is 9.89. The monoisotopic (exact) mass is 342 g/mol. The number of hydrogen-bond acceptors (Lipinski definition) is 1. The van der Waals surface area contributed by atoms with Gasteiger partial charge in [0.2, 0.25) is 0 Å². The first kappa shape index (κ1) is 13.4. The van der Waals surface area contributed by atoms with Gasteiger partial charge < -0.3 is 4.74 Å². The van der Waals surface area contributed by atoms with Crippen LogP contribution in [0.1, 0.15) is 39.9 Å². The van der Waals surface area contributed by atoms with Crippen LogP contribution in [0.2, 0.25) is 0 Å². The van der Waals surface area contributed by atoms with Crippen molar-refractivity contribution in [2.45, 2.75) is 43.0 Å². The van der Waals surface area contributed by atoms with Crippen molar-refractivity contribution in [2.24, 2.45) is 0 Å². The molecule has 1 nitrogen and oxygen atoms in total. The second-order valence-corrected chi connectivity index (χ2v) is 7.09. The zero-order valence-electron chi connectivity index (χ0n) is 12.0. The van der Waals surface area contributed by atoms with Crippen molar-refractivity contribution in [3.05, 3.63) is 64.7 Å². The first-order chi connectivity index (χ1) is 10.3. The minimum atomic E-state index is 0.198. The summed E-state index contributed by atoms with van der Waals surface area (Å²) in [7, 11) is 0. The second kappa shape index (κ2) is 5.49. The molecular formula is C19H19BrO. The number of halogens is 1. The molecular weight excluding hydrogens is 324 g/mol. The predicted molar refractivity (Wildman–Crippen MR) is 89.3 cm³/mol. The van der Waals surface area contributed by atoms with E-state index in [2.05, 4.69) is 52.3 Å². The van der Waals surface area contributed by atoms with Gasteiger partial charge in [0.05, 0.1) is 4.83 Å². The highest BCUT2D eigenvalue weighted by molar-refractivity contribution is 9.09. The fourth-order valence-electron chi connectivity index (χ4n) is 3.51. The lowest BCUT2D eigenvalue weighted by Crippen LogP contribution is -2.19. The smallest absolute Gasteiger partial charge is 0.123 e. The number of rotatable bonds is 2. The maximum absolute atomic E-state index is 6.12. The van der Waals surface area contributed by atoms with Gasteiger partial charge in [0.25, 0.3) is 0 Å². The van der Waals surface area contributed by atoms with Gasteiger partial charge in [-0.1, -0.05) is 52.3 Å². The maximum atomic E-state index is 6.12. The molecule has 0 N–H and O–H groups in total. The van der Waals surface area contributed by atoms with Crippen molar-refractivity contribution in [3.8, 4) is 5.75 Å². The Labute approximate surface area is 134 Å². The summed E-state index contributed by atoms with van der Waals surface area (Å²) in [5.74, 6) is 1.05. The molecule has 0 aromatic heterocycles. The minimum Gasteiger partial charge on any atom is -0.488 e. The molecule has 0 bridgehead atoms. The summed E-state index contributed by atoms with van der Waals surface area (Å²) in [6, 6.07) is 15.4. The summed E-state index contributed by atoms with van der Waals surface area (Å²) in [5, 5.41) is 0. The fraction of sp³-hybridized carbons (Fsp3) is 0.368. The molecule has 0 saturated heterocycles. The molecule has 4 rings (SSSR count). The minimum absolute atomic E-state index is 0.198. The summed E-state index contributed by atoms with van der Waals surface area (Å²) >= 11 is 3.87. The van der Waals surface area contributed by atoms with E-state index in [4.69, 9.17) is 4.74 Å². The van der Waals surface area contributed by atoms with Crippen molar-refractivity contribution in [1.29, 1.82) is 0 Å². The summed E-state index contributed by atoms with van der Waals surface area (Å²) in [6.07, 6.45) is 6.33. The van der Waals surface area contributed by atoms with Crippen molar-refractivity contribution in [2.75, 3.05) is 0 Å². The van der Waals surface area contributed by atoms with Crippen LogP contribution in [0.25, 0.3) is 0 Å². The normalized spacial score (nSPS) is 21.3. The van der Waals surface area contributed by atoms with E-state index in [1.807, 2.05) is 6.07 Å². The highest BCUT2D eigenvalue weighted by Gasteiger charge is 2.30. The Morgan fingerprint density at radius 3 is 2.62 bits per heavy atom. The van der Waals surface area contributed by atoms with E-state index in [1.165, 1.54) is 36.8 Å². The van der Waals surface area contributed by atoms with Crippen LogP contribution in [0.5, 0.6) is 5.75 Å². The third-order valence-electron chi connectivity index (χ3n) is 4.69. The summed E-state index contributed by atoms with van der Waals surface area (Å²) in [4.78, 5) is 0.261. The largest absolute Gasteiger partial charge is 0.488 e. The van der Waals surface area contributed by atoms with Gasteiger partial charge in [0, 0.05) is 6.42 Å². The van der Waals surface area contributed by atoms with E-state index < -0.39 is 0 Å². The van der Waals surface area contributed by atoms with Gasteiger partial charge in [-0.05, 0) is 54.0 Å². The van der Waals surface area contributed by atoms with E-state index >= 15 is 0 Å². The number of benzene rings is 2. The molecule has 0 radical (unpaired) electrons. The first-order valence-electron chi connectivity index (χ1n) is 7.81. The van der Waals surface area contributed by atoms with E-state index in [-0.39, 0.29) is 10.9 Å². The Morgan fingerprint density at radius 2 is 1.76 bits per heavy atom. The lowest BCUT2D eigenvalue weighted by molar-refractivity contribution is 0.232. The van der Waals surface area contributed by atoms with Gasteiger partial charge in [-0.2, -0.15) is 0 Å². The number of ether oxygens (including phenoxy) is 1. The van der Waals surface area contributed by atoms with E-state index in [0.717, 1.165) is 12.2 Å². The van der Waals surface area contributed by atoms with Crippen LogP contribution in [0, 0.1) is 0 Å². The van der Waals surface area contributed by atoms with Crippen LogP contribution in [0.15, 0.2) is 42.5 Å². The van der Waals surface area contributed by atoms with Crippen LogP contribution >= 0.6 is 15.9 Å². The molecule has 0 fully saturated rings. The van der Waals surface area contributed by atoms with Crippen molar-refractivity contribution >= 4 is 15.9 Å². The molecule has 2 atom stereocenters. The zero-order valence-corrected chi connectivity index (χ0v) is 13.6. The van der Waals surface area contributed by atoms with Crippen LogP contribution in [0.4, 0.5) is 0 Å². The SMILES string of the molecule is BrC(c1ccc2c(c1)CCCC2)C1Cc2ccccc2O1. The molecule has 1 aliphatic carbocycles. The van der Waals surface area contributed by atoms with Crippen molar-refractivity contribution in [3.63, 3.8) is 0 Å². The van der Waals surface area contributed by atoms with Crippen LogP contribution < -0.4 is 4.74 Å². The summed E-state index contributed by atoms with van der Waals surface area (Å²) in [6.45, 7) is 0. The average molecular weight is 343 g/mol. The highest BCUT2D eigenvalue weighted by atomic mass is 79.9. The number of hydrogen-bond donors (Lipinski definition) is 0. The van der Waals surface area contributed by atoms with Gasteiger partial charge in [-0.3, -0.25) is 0 Å². The number of fused-ring (bicyclic) bond motifs is 2. The molecule has 0 amide bonds. The van der Waals surface area contributed by atoms with Gasteiger partial charge in [-0.25, -0.2) is 0 Å². The fourth-order valence-corrected chi connectivity index (χ4v) is 4.09. The molecule has 2 aromatic rings. The molecule has 0 saturated carbocycles. The molecule has 2 heteroatoms. The van der Waals surface area contributed by atoms with E-state index in [0.29, 0.717) is 0 Å². The molecule has 2 aliphatic rings. The third-order valence-corrected chi connectivity index (χ3v) is 5.81. The van der Waals surface area contributed by atoms with Crippen LogP contribution in [-0.4, -0.2) is 6.10 Å². The lowest BCUT2D eigenvalue weighted by Gasteiger charge is -2.21. The van der Waals surface area contributed by atoms with Gasteiger partial charge >= 0.3 is 0 Å². The Kier molecular flexibility index (Phi) is 3.50. The standard InChI is InChI=1S/C19H19BrO/c20-19(18-12-15-7-3-4-8-17(15)21-18)16-10-9-13-5-1-2-6-14(13)11-16/h3-4,7-11,18-19H,1-2,5-6,12H2. The van der Waals surface area contributed by atoms with Gasteiger partial charge in [0.1, 0.15) is 11.9 Å².